The molecular formula is C14H24Cl2N2O. The monoisotopic (exact) mass is 306 g/mol. The lowest BCUT2D eigenvalue weighted by atomic mass is 9.93. The number of piperidine rings is 1. The van der Waals surface area contributed by atoms with Crippen molar-refractivity contribution < 1.29 is 4.79 Å². The molecule has 0 bridgehead atoms. The van der Waals surface area contributed by atoms with Crippen LogP contribution in [0.2, 0.25) is 0 Å². The SMILES string of the molecule is CCN1CCC(CCNC(=O)[C@]2(C)CC2(Cl)Cl)CC1. The second kappa shape index (κ2) is 5.79. The Morgan fingerprint density at radius 2 is 1.95 bits per heavy atom. The molecule has 2 rings (SSSR count). The number of hydrogen-bond acceptors (Lipinski definition) is 2. The summed E-state index contributed by atoms with van der Waals surface area (Å²) in [6.45, 7) is 8.33. The Hall–Kier alpha value is 0.01000. The van der Waals surface area contributed by atoms with E-state index in [1.54, 1.807) is 0 Å². The van der Waals surface area contributed by atoms with Crippen LogP contribution in [-0.4, -0.2) is 41.3 Å². The first-order chi connectivity index (χ1) is 8.89. The average molecular weight is 307 g/mol. The first-order valence-corrected chi connectivity index (χ1v) is 8.03. The summed E-state index contributed by atoms with van der Waals surface area (Å²) in [7, 11) is 0. The van der Waals surface area contributed by atoms with Crippen molar-refractivity contribution in [1.29, 1.82) is 0 Å². The van der Waals surface area contributed by atoms with Gasteiger partial charge in [0.25, 0.3) is 0 Å². The second-order valence-corrected chi connectivity index (χ2v) is 7.62. The van der Waals surface area contributed by atoms with E-state index in [1.807, 2.05) is 6.92 Å². The van der Waals surface area contributed by atoms with Crippen LogP contribution < -0.4 is 5.32 Å². The zero-order valence-electron chi connectivity index (χ0n) is 11.8. The molecule has 1 N–H and O–H groups in total. The number of rotatable bonds is 5. The van der Waals surface area contributed by atoms with Crippen molar-refractivity contribution in [2.24, 2.45) is 11.3 Å². The molecule has 0 aromatic carbocycles. The van der Waals surface area contributed by atoms with E-state index in [-0.39, 0.29) is 5.91 Å². The minimum absolute atomic E-state index is 0.00324. The van der Waals surface area contributed by atoms with Crippen LogP contribution in [-0.2, 0) is 4.79 Å². The van der Waals surface area contributed by atoms with Crippen molar-refractivity contribution in [2.45, 2.75) is 43.9 Å². The van der Waals surface area contributed by atoms with Gasteiger partial charge in [0.05, 0.1) is 5.41 Å². The maximum Gasteiger partial charge on any atom is 0.229 e. The molecule has 5 heteroatoms. The number of amides is 1. The second-order valence-electron chi connectivity index (χ2n) is 6.14. The molecule has 0 aromatic heterocycles. The number of halogens is 2. The molecular weight excluding hydrogens is 283 g/mol. The van der Waals surface area contributed by atoms with Gasteiger partial charge in [0.1, 0.15) is 4.33 Å². The van der Waals surface area contributed by atoms with Gasteiger partial charge in [-0.05, 0) is 58.2 Å². The van der Waals surface area contributed by atoms with Gasteiger partial charge in [-0.1, -0.05) is 6.92 Å². The Kier molecular flexibility index (Phi) is 4.69. The van der Waals surface area contributed by atoms with E-state index in [0.29, 0.717) is 6.42 Å². The summed E-state index contributed by atoms with van der Waals surface area (Å²) in [5.41, 5.74) is -0.582. The topological polar surface area (TPSA) is 32.3 Å². The molecule has 2 fully saturated rings. The van der Waals surface area contributed by atoms with Crippen molar-refractivity contribution in [3.63, 3.8) is 0 Å². The van der Waals surface area contributed by atoms with E-state index in [0.717, 1.165) is 25.4 Å². The molecule has 1 aliphatic carbocycles. The van der Waals surface area contributed by atoms with Crippen LogP contribution in [0.4, 0.5) is 0 Å². The fourth-order valence-electron chi connectivity index (χ4n) is 2.82. The van der Waals surface area contributed by atoms with E-state index in [9.17, 15) is 4.79 Å². The number of alkyl halides is 2. The standard InChI is InChI=1S/C14H24Cl2N2O/c1-3-18-8-5-11(6-9-18)4-7-17-12(19)13(2)10-14(13,15)16/h11H,3-10H2,1-2H3,(H,17,19)/t13-/m0/s1. The minimum atomic E-state index is -0.858. The largest absolute Gasteiger partial charge is 0.356 e. The first-order valence-electron chi connectivity index (χ1n) is 7.27. The van der Waals surface area contributed by atoms with E-state index in [2.05, 4.69) is 17.1 Å². The molecule has 0 radical (unpaired) electrons. The molecule has 0 unspecified atom stereocenters. The Labute approximate surface area is 126 Å². The fraction of sp³-hybridized carbons (Fsp3) is 0.929. The van der Waals surface area contributed by atoms with Gasteiger partial charge in [-0.3, -0.25) is 4.79 Å². The Morgan fingerprint density at radius 3 is 2.42 bits per heavy atom. The third kappa shape index (κ3) is 3.37. The minimum Gasteiger partial charge on any atom is -0.356 e. The molecule has 1 saturated heterocycles. The summed E-state index contributed by atoms with van der Waals surface area (Å²) >= 11 is 12.0. The van der Waals surface area contributed by atoms with Crippen LogP contribution in [0.1, 0.15) is 39.5 Å². The van der Waals surface area contributed by atoms with Crippen molar-refractivity contribution >= 4 is 29.1 Å². The van der Waals surface area contributed by atoms with Gasteiger partial charge in [-0.15, -0.1) is 23.2 Å². The molecule has 110 valence electrons. The highest BCUT2D eigenvalue weighted by Crippen LogP contribution is 2.63. The third-order valence-electron chi connectivity index (χ3n) is 4.75. The summed E-state index contributed by atoms with van der Waals surface area (Å²) in [5, 5.41) is 2.99. The maximum atomic E-state index is 12.0. The predicted molar refractivity (Wildman–Crippen MR) is 79.6 cm³/mol. The van der Waals surface area contributed by atoms with Crippen LogP contribution >= 0.6 is 23.2 Å². The molecule has 19 heavy (non-hydrogen) atoms. The normalized spacial score (nSPS) is 31.2. The van der Waals surface area contributed by atoms with E-state index < -0.39 is 9.75 Å². The molecule has 1 aliphatic heterocycles. The highest BCUT2D eigenvalue weighted by Gasteiger charge is 2.67. The Balaban J connectivity index is 1.64. The molecule has 0 spiro atoms. The molecule has 1 heterocycles. The van der Waals surface area contributed by atoms with Gasteiger partial charge in [-0.25, -0.2) is 0 Å². The maximum absolute atomic E-state index is 12.0. The number of likely N-dealkylation sites (tertiary alicyclic amines) is 1. The average Bonchev–Trinajstić information content (AvgIpc) is 2.91. The molecule has 3 nitrogen and oxygen atoms in total. The van der Waals surface area contributed by atoms with Crippen LogP contribution in [0.25, 0.3) is 0 Å². The zero-order chi connectivity index (χ0) is 14.1. The van der Waals surface area contributed by atoms with Crippen molar-refractivity contribution in [2.75, 3.05) is 26.2 Å². The lowest BCUT2D eigenvalue weighted by Gasteiger charge is -2.31. The number of nitrogens with zero attached hydrogens (tertiary/aromatic N) is 1. The van der Waals surface area contributed by atoms with Crippen LogP contribution in [0.15, 0.2) is 0 Å². The zero-order valence-corrected chi connectivity index (χ0v) is 13.4. The summed E-state index contributed by atoms with van der Waals surface area (Å²) in [6.07, 6.45) is 4.12. The van der Waals surface area contributed by atoms with Gasteiger partial charge in [-0.2, -0.15) is 0 Å². The van der Waals surface area contributed by atoms with E-state index >= 15 is 0 Å². The van der Waals surface area contributed by atoms with E-state index in [1.165, 1.54) is 25.9 Å². The van der Waals surface area contributed by atoms with Gasteiger partial charge < -0.3 is 10.2 Å². The van der Waals surface area contributed by atoms with E-state index in [4.69, 9.17) is 23.2 Å². The van der Waals surface area contributed by atoms with Gasteiger partial charge in [0, 0.05) is 6.54 Å². The van der Waals surface area contributed by atoms with Crippen molar-refractivity contribution in [3.05, 3.63) is 0 Å². The Morgan fingerprint density at radius 1 is 1.37 bits per heavy atom. The van der Waals surface area contributed by atoms with Crippen molar-refractivity contribution in [3.8, 4) is 0 Å². The summed E-state index contributed by atoms with van der Waals surface area (Å²) in [4.78, 5) is 14.5. The smallest absolute Gasteiger partial charge is 0.229 e. The number of carbonyl (C=O) groups is 1. The number of hydrogen-bond donors (Lipinski definition) is 1. The van der Waals surface area contributed by atoms with Gasteiger partial charge in [0.2, 0.25) is 5.91 Å². The lowest BCUT2D eigenvalue weighted by molar-refractivity contribution is -0.125. The third-order valence-corrected chi connectivity index (χ3v) is 5.85. The van der Waals surface area contributed by atoms with Gasteiger partial charge >= 0.3 is 0 Å². The fourth-order valence-corrected chi connectivity index (χ4v) is 3.53. The molecule has 1 amide bonds. The van der Waals surface area contributed by atoms with Crippen LogP contribution in [0.3, 0.4) is 0 Å². The Bertz CT molecular complexity index is 340. The van der Waals surface area contributed by atoms with Gasteiger partial charge in [0.15, 0.2) is 0 Å². The molecule has 2 aliphatic rings. The van der Waals surface area contributed by atoms with Crippen LogP contribution in [0, 0.1) is 11.3 Å². The molecule has 1 atom stereocenters. The quantitative estimate of drug-likeness (QED) is 0.792. The molecule has 1 saturated carbocycles. The highest BCUT2D eigenvalue weighted by molar-refractivity contribution is 6.53. The lowest BCUT2D eigenvalue weighted by Crippen LogP contribution is -2.37. The predicted octanol–water partition coefficient (Wildman–Crippen LogP) is 2.81. The molecule has 0 aromatic rings. The summed E-state index contributed by atoms with van der Waals surface area (Å²) in [6, 6.07) is 0. The number of carbonyl (C=O) groups excluding carboxylic acids is 1. The van der Waals surface area contributed by atoms with Crippen LogP contribution in [0.5, 0.6) is 0 Å². The number of nitrogens with one attached hydrogen (secondary N) is 1. The first kappa shape index (κ1) is 15.4. The highest BCUT2D eigenvalue weighted by atomic mass is 35.5. The van der Waals surface area contributed by atoms with Crippen molar-refractivity contribution in [1.82, 2.24) is 10.2 Å². The summed E-state index contributed by atoms with van der Waals surface area (Å²) < 4.78 is -0.858. The summed E-state index contributed by atoms with van der Waals surface area (Å²) in [5.74, 6) is 0.746.